The monoisotopic (exact) mass is 504 g/mol. The third-order valence-electron chi connectivity index (χ3n) is 5.92. The van der Waals surface area contributed by atoms with Gasteiger partial charge in [0.05, 0.1) is 0 Å². The molecule has 0 fully saturated rings. The van der Waals surface area contributed by atoms with Crippen LogP contribution in [-0.2, 0) is 14.3 Å². The van der Waals surface area contributed by atoms with Crippen molar-refractivity contribution in [3.63, 3.8) is 0 Å². The van der Waals surface area contributed by atoms with Crippen LogP contribution in [-0.4, -0.2) is 44.2 Å². The van der Waals surface area contributed by atoms with Crippen LogP contribution in [0.25, 0.3) is 0 Å². The number of carbonyl (C=O) groups excluding carboxylic acids is 1. The first-order valence-corrected chi connectivity index (χ1v) is 19.3. The fourth-order valence-corrected chi connectivity index (χ4v) is 20.4. The van der Waals surface area contributed by atoms with Crippen LogP contribution in [0.15, 0.2) is 9.67 Å². The van der Waals surface area contributed by atoms with Gasteiger partial charge in [-0.2, -0.15) is 0 Å². The summed E-state index contributed by atoms with van der Waals surface area (Å²) in [5.41, 5.74) is 0. The first kappa shape index (κ1) is 28.0. The van der Waals surface area contributed by atoms with Crippen LogP contribution in [0, 0.1) is 0 Å². The second-order valence-corrected chi connectivity index (χ2v) is 21.8. The zero-order valence-corrected chi connectivity index (χ0v) is 22.6. The van der Waals surface area contributed by atoms with Gasteiger partial charge in [0.25, 0.3) is 0 Å². The van der Waals surface area contributed by atoms with Gasteiger partial charge in [0.2, 0.25) is 0 Å². The van der Waals surface area contributed by atoms with Gasteiger partial charge in [0.15, 0.2) is 0 Å². The van der Waals surface area contributed by atoms with Crippen molar-refractivity contribution in [3.8, 4) is 0 Å². The Hall–Kier alpha value is -0.0313. The number of ether oxygens (including phenoxy) is 2. The van der Waals surface area contributed by atoms with Crippen molar-refractivity contribution < 1.29 is 14.3 Å². The molecule has 28 heavy (non-hydrogen) atoms. The molecule has 0 aliphatic heterocycles. The van der Waals surface area contributed by atoms with E-state index in [-0.39, 0.29) is 12.1 Å². The molecular formula is C24H48O3Sn. The van der Waals surface area contributed by atoms with E-state index in [0.717, 1.165) is 6.42 Å². The molecule has 0 aromatic carbocycles. The van der Waals surface area contributed by atoms with Crippen molar-refractivity contribution in [1.29, 1.82) is 0 Å². The molecule has 0 bridgehead atoms. The van der Waals surface area contributed by atoms with Crippen LogP contribution in [0.3, 0.4) is 0 Å². The van der Waals surface area contributed by atoms with E-state index in [9.17, 15) is 4.79 Å². The average Bonchev–Trinajstić information content (AvgIpc) is 2.69. The Morgan fingerprint density at radius 3 is 1.75 bits per heavy atom. The molecule has 0 aromatic rings. The Morgan fingerprint density at radius 2 is 1.36 bits per heavy atom. The molecule has 166 valence electrons. The van der Waals surface area contributed by atoms with Crippen LogP contribution in [0.2, 0.25) is 13.3 Å². The van der Waals surface area contributed by atoms with Crippen LogP contribution in [0.5, 0.6) is 0 Å². The predicted octanol–water partition coefficient (Wildman–Crippen LogP) is 7.46. The summed E-state index contributed by atoms with van der Waals surface area (Å²) in [6.07, 6.45) is 15.0. The topological polar surface area (TPSA) is 35.5 Å². The predicted molar refractivity (Wildman–Crippen MR) is 125 cm³/mol. The maximum atomic E-state index is 11.6. The molecule has 0 saturated carbocycles. The van der Waals surface area contributed by atoms with E-state index < -0.39 is 18.4 Å². The number of esters is 1. The Balaban J connectivity index is 5.84. The molecule has 0 saturated heterocycles. The Bertz CT molecular complexity index is 398. The van der Waals surface area contributed by atoms with E-state index in [4.69, 9.17) is 9.47 Å². The van der Waals surface area contributed by atoms with E-state index in [1.54, 1.807) is 0 Å². The molecule has 1 unspecified atom stereocenters. The molecule has 3 nitrogen and oxygen atoms in total. The Labute approximate surface area is 179 Å². The Kier molecular flexibility index (Phi) is 17.8. The number of methoxy groups -OCH3 is 1. The van der Waals surface area contributed by atoms with Gasteiger partial charge < -0.3 is 0 Å². The van der Waals surface area contributed by atoms with E-state index in [2.05, 4.69) is 33.8 Å². The average molecular weight is 503 g/mol. The molecule has 4 heteroatoms. The van der Waals surface area contributed by atoms with Crippen molar-refractivity contribution in [1.82, 2.24) is 0 Å². The number of hydrogen-bond donors (Lipinski definition) is 0. The molecular weight excluding hydrogens is 455 g/mol. The first-order chi connectivity index (χ1) is 13.5. The van der Waals surface area contributed by atoms with Crippen LogP contribution in [0.1, 0.15) is 98.8 Å². The minimum absolute atomic E-state index is 0.160. The zero-order chi connectivity index (χ0) is 21.3. The molecule has 0 spiro atoms. The quantitative estimate of drug-likeness (QED) is 0.111. The van der Waals surface area contributed by atoms with Gasteiger partial charge in [-0.15, -0.1) is 0 Å². The minimum atomic E-state index is -2.61. The molecule has 0 aliphatic rings. The van der Waals surface area contributed by atoms with Gasteiger partial charge in [-0.1, -0.05) is 0 Å². The normalized spacial score (nSPS) is 13.6. The summed E-state index contributed by atoms with van der Waals surface area (Å²) in [4.78, 5) is 11.6. The van der Waals surface area contributed by atoms with Crippen molar-refractivity contribution in [2.24, 2.45) is 0 Å². The van der Waals surface area contributed by atoms with Crippen molar-refractivity contribution in [2.75, 3.05) is 13.7 Å². The summed E-state index contributed by atoms with van der Waals surface area (Å²) >= 11 is -2.61. The van der Waals surface area contributed by atoms with Gasteiger partial charge in [-0.05, 0) is 0 Å². The van der Waals surface area contributed by atoms with Crippen molar-refractivity contribution >= 4 is 24.3 Å². The third kappa shape index (κ3) is 11.8. The van der Waals surface area contributed by atoms with Gasteiger partial charge in [-0.3, -0.25) is 0 Å². The summed E-state index contributed by atoms with van der Waals surface area (Å²) in [6.45, 7) is 11.2. The number of carbonyl (C=O) groups is 1. The summed E-state index contributed by atoms with van der Waals surface area (Å²) < 4.78 is 17.2. The van der Waals surface area contributed by atoms with E-state index >= 15 is 0 Å². The SMILES string of the molecule is CCCCCC(/C=[C](\COC(C)=O)[Sn]([CH2]CCC)([CH2]CCC)[CH2]CCC)OC. The van der Waals surface area contributed by atoms with Gasteiger partial charge >= 0.3 is 180 Å². The van der Waals surface area contributed by atoms with Crippen molar-refractivity contribution in [2.45, 2.75) is 118 Å². The fourth-order valence-electron chi connectivity index (χ4n) is 4.05. The second kappa shape index (κ2) is 17.8. The van der Waals surface area contributed by atoms with Crippen molar-refractivity contribution in [3.05, 3.63) is 9.67 Å². The number of rotatable bonds is 18. The molecule has 0 amide bonds. The molecule has 0 N–H and O–H groups in total. The molecule has 0 radical (unpaired) electrons. The third-order valence-corrected chi connectivity index (χ3v) is 21.9. The summed E-state index contributed by atoms with van der Waals surface area (Å²) in [5, 5.41) is 0. The van der Waals surface area contributed by atoms with Crippen LogP contribution < -0.4 is 0 Å². The van der Waals surface area contributed by atoms with Gasteiger partial charge in [0, 0.05) is 0 Å². The van der Waals surface area contributed by atoms with E-state index in [1.165, 1.54) is 81.6 Å². The number of unbranched alkanes of at least 4 members (excludes halogenated alkanes) is 5. The molecule has 0 heterocycles. The molecule has 0 rings (SSSR count). The fraction of sp³-hybridized carbons (Fsp3) is 0.875. The molecule has 0 aromatic heterocycles. The summed E-state index contributed by atoms with van der Waals surface area (Å²) in [6, 6.07) is 0. The zero-order valence-electron chi connectivity index (χ0n) is 19.8. The van der Waals surface area contributed by atoms with Gasteiger partial charge in [0.1, 0.15) is 0 Å². The molecule has 1 atom stereocenters. The van der Waals surface area contributed by atoms with E-state index in [0.29, 0.717) is 6.61 Å². The summed E-state index contributed by atoms with van der Waals surface area (Å²) in [7, 11) is 1.83. The second-order valence-electron chi connectivity index (χ2n) is 8.33. The number of hydrogen-bond acceptors (Lipinski definition) is 3. The maximum absolute atomic E-state index is 11.6. The van der Waals surface area contributed by atoms with Crippen LogP contribution >= 0.6 is 0 Å². The van der Waals surface area contributed by atoms with E-state index in [1.807, 2.05) is 7.11 Å². The molecule has 0 aliphatic carbocycles. The van der Waals surface area contributed by atoms with Crippen LogP contribution in [0.4, 0.5) is 0 Å². The summed E-state index contributed by atoms with van der Waals surface area (Å²) in [5.74, 6) is -0.160. The first-order valence-electron chi connectivity index (χ1n) is 11.9. The standard InChI is InChI=1S/C12H21O3.3C4H9.Sn/c1-4-5-6-8-12(14-3)9-7-10-15-11(2)13;3*1-3-4-2;/h9,12H,4-6,8,10H2,1-3H3;3*1,3-4H2,2H3;. The Morgan fingerprint density at radius 1 is 0.857 bits per heavy atom. The van der Waals surface area contributed by atoms with Gasteiger partial charge in [-0.25, -0.2) is 0 Å².